The van der Waals surface area contributed by atoms with Crippen molar-refractivity contribution < 1.29 is 9.53 Å². The summed E-state index contributed by atoms with van der Waals surface area (Å²) in [6, 6.07) is 21.6. The van der Waals surface area contributed by atoms with Crippen molar-refractivity contribution in [3.63, 3.8) is 0 Å². The number of nitrogens with zero attached hydrogens (tertiary/aromatic N) is 1. The van der Waals surface area contributed by atoms with Gasteiger partial charge in [0, 0.05) is 24.2 Å². The number of rotatable bonds is 9. The average Bonchev–Trinajstić information content (AvgIpc) is 3.50. The summed E-state index contributed by atoms with van der Waals surface area (Å²) < 4.78 is 5.72. The topological polar surface area (TPSA) is 67.0 Å². The normalized spacial score (nSPS) is 11.5. The molecule has 33 heavy (non-hydrogen) atoms. The summed E-state index contributed by atoms with van der Waals surface area (Å²) in [5, 5.41) is 5.11. The molecule has 1 amide bonds. The molecule has 2 aromatic carbocycles. The minimum atomic E-state index is -0.110. The predicted octanol–water partition coefficient (Wildman–Crippen LogP) is 5.82. The van der Waals surface area contributed by atoms with Gasteiger partial charge in [-0.15, -0.1) is 11.3 Å². The second-order valence-electron chi connectivity index (χ2n) is 7.87. The van der Waals surface area contributed by atoms with Crippen LogP contribution in [0.1, 0.15) is 30.7 Å². The van der Waals surface area contributed by atoms with Crippen LogP contribution in [-0.4, -0.2) is 28.5 Å². The maximum Gasteiger partial charge on any atom is 0.251 e. The van der Waals surface area contributed by atoms with E-state index >= 15 is 0 Å². The summed E-state index contributed by atoms with van der Waals surface area (Å²) in [4.78, 5) is 21.9. The number of amides is 1. The fourth-order valence-corrected chi connectivity index (χ4v) is 4.26. The van der Waals surface area contributed by atoms with E-state index in [2.05, 4.69) is 21.4 Å². The van der Waals surface area contributed by atoms with E-state index in [1.165, 1.54) is 0 Å². The first kappa shape index (κ1) is 22.6. The van der Waals surface area contributed by atoms with E-state index in [4.69, 9.17) is 4.74 Å². The van der Waals surface area contributed by atoms with Gasteiger partial charge in [0.25, 0.3) is 5.91 Å². The Hall–Kier alpha value is -3.64. The van der Waals surface area contributed by atoms with Crippen LogP contribution in [0.25, 0.3) is 22.2 Å². The molecule has 0 radical (unpaired) electrons. The van der Waals surface area contributed by atoms with Gasteiger partial charge in [-0.25, -0.2) is 4.98 Å². The number of aromatic nitrogens is 2. The van der Waals surface area contributed by atoms with Crippen molar-refractivity contribution in [1.29, 1.82) is 0 Å². The molecule has 168 valence electrons. The van der Waals surface area contributed by atoms with Crippen molar-refractivity contribution in [2.24, 2.45) is 0 Å². The summed E-state index contributed by atoms with van der Waals surface area (Å²) >= 11 is 1.65. The molecule has 0 aliphatic rings. The van der Waals surface area contributed by atoms with Gasteiger partial charge in [-0.2, -0.15) is 0 Å². The number of benzene rings is 2. The number of nitrogens with one attached hydrogen (secondary N) is 2. The zero-order chi connectivity index (χ0) is 23.0. The third kappa shape index (κ3) is 5.99. The van der Waals surface area contributed by atoms with Crippen LogP contribution in [0.4, 0.5) is 0 Å². The van der Waals surface area contributed by atoms with Gasteiger partial charge < -0.3 is 15.0 Å². The zero-order valence-corrected chi connectivity index (χ0v) is 19.6. The summed E-state index contributed by atoms with van der Waals surface area (Å²) in [6.07, 6.45) is 4.40. The first-order chi connectivity index (χ1) is 16.1. The van der Waals surface area contributed by atoms with Gasteiger partial charge in [0.1, 0.15) is 11.4 Å². The highest BCUT2D eigenvalue weighted by Gasteiger charge is 2.14. The highest BCUT2D eigenvalue weighted by molar-refractivity contribution is 7.13. The highest BCUT2D eigenvalue weighted by Crippen LogP contribution is 2.25. The maximum atomic E-state index is 13.2. The number of H-pyrrole nitrogens is 1. The Morgan fingerprint density at radius 2 is 1.88 bits per heavy atom. The monoisotopic (exact) mass is 457 g/mol. The van der Waals surface area contributed by atoms with Gasteiger partial charge in [0.05, 0.1) is 17.3 Å². The molecule has 2 N–H and O–H groups in total. The first-order valence-electron chi connectivity index (χ1n) is 11.0. The zero-order valence-electron chi connectivity index (χ0n) is 18.7. The third-order valence-corrected chi connectivity index (χ3v) is 5.90. The predicted molar refractivity (Wildman–Crippen MR) is 135 cm³/mol. The number of carbonyl (C=O) groups is 1. The molecule has 6 heteroatoms. The van der Waals surface area contributed by atoms with Crippen LogP contribution < -0.4 is 10.1 Å². The molecule has 5 nitrogen and oxygen atoms in total. The summed E-state index contributed by atoms with van der Waals surface area (Å²) in [5.41, 5.74) is 4.40. The lowest BCUT2D eigenvalue weighted by atomic mass is 10.0. The average molecular weight is 458 g/mol. The molecule has 0 saturated heterocycles. The van der Waals surface area contributed by atoms with Crippen LogP contribution in [0.5, 0.6) is 5.75 Å². The second kappa shape index (κ2) is 10.8. The number of imidazole rings is 1. The summed E-state index contributed by atoms with van der Waals surface area (Å²) in [5.74, 6) is 0.704. The van der Waals surface area contributed by atoms with Crippen molar-refractivity contribution in [1.82, 2.24) is 15.3 Å². The number of thiophene rings is 1. The van der Waals surface area contributed by atoms with Crippen LogP contribution >= 0.6 is 11.3 Å². The molecule has 2 aromatic heterocycles. The van der Waals surface area contributed by atoms with Crippen LogP contribution in [0.2, 0.25) is 0 Å². The van der Waals surface area contributed by atoms with E-state index in [1.54, 1.807) is 17.7 Å². The quantitative estimate of drug-likeness (QED) is 0.246. The van der Waals surface area contributed by atoms with E-state index in [-0.39, 0.29) is 12.0 Å². The fraction of sp³-hybridized carbons (Fsp3) is 0.185. The highest BCUT2D eigenvalue weighted by atomic mass is 32.1. The van der Waals surface area contributed by atoms with Crippen molar-refractivity contribution in [2.75, 3.05) is 6.54 Å². The van der Waals surface area contributed by atoms with Crippen LogP contribution in [0.3, 0.4) is 0 Å². The lowest BCUT2D eigenvalue weighted by molar-refractivity contribution is -0.115. The molecule has 4 aromatic rings. The van der Waals surface area contributed by atoms with E-state index in [9.17, 15) is 4.79 Å². The third-order valence-electron chi connectivity index (χ3n) is 5.03. The Labute approximate surface area is 198 Å². The Balaban J connectivity index is 1.48. The molecule has 2 heterocycles. The number of ether oxygens (including phenoxy) is 1. The number of hydrogen-bond donors (Lipinski definition) is 2. The molecule has 0 fully saturated rings. The number of carbonyl (C=O) groups excluding carboxylic acids is 1. The molecule has 0 spiro atoms. The molecular weight excluding hydrogens is 430 g/mol. The molecule has 0 saturated carbocycles. The van der Waals surface area contributed by atoms with E-state index in [0.717, 1.165) is 33.1 Å². The molecular formula is C27H27N3O2S. The van der Waals surface area contributed by atoms with E-state index < -0.39 is 0 Å². The minimum Gasteiger partial charge on any atom is -0.491 e. The lowest BCUT2D eigenvalue weighted by Gasteiger charge is -2.11. The SMILES string of the molecule is CC(C)Oc1ccc(/C=C(/C(=O)NCCc2[nH]cnc2-c2cccs2)c2ccccc2)cc1. The van der Waals surface area contributed by atoms with Gasteiger partial charge in [0.15, 0.2) is 0 Å². The molecule has 0 unspecified atom stereocenters. The van der Waals surface area contributed by atoms with E-state index in [1.807, 2.05) is 86.0 Å². The Kier molecular flexibility index (Phi) is 7.37. The van der Waals surface area contributed by atoms with Gasteiger partial charge in [-0.1, -0.05) is 48.5 Å². The van der Waals surface area contributed by atoms with Crippen molar-refractivity contribution in [2.45, 2.75) is 26.4 Å². The lowest BCUT2D eigenvalue weighted by Crippen LogP contribution is -2.26. The second-order valence-corrected chi connectivity index (χ2v) is 8.82. The molecule has 0 aliphatic carbocycles. The van der Waals surface area contributed by atoms with Crippen LogP contribution in [-0.2, 0) is 11.2 Å². The standard InChI is InChI=1S/C27H27N3O2S/c1-19(2)32-22-12-10-20(11-13-22)17-23(21-7-4-3-5-8-21)27(31)28-15-14-24-26(30-18-29-24)25-9-6-16-33-25/h3-13,16-19H,14-15H2,1-2H3,(H,28,31)(H,29,30)/b23-17+. The Morgan fingerprint density at radius 1 is 1.09 bits per heavy atom. The number of hydrogen-bond acceptors (Lipinski definition) is 4. The first-order valence-corrected chi connectivity index (χ1v) is 11.9. The van der Waals surface area contributed by atoms with Crippen molar-refractivity contribution in [3.8, 4) is 16.3 Å². The maximum absolute atomic E-state index is 13.2. The van der Waals surface area contributed by atoms with Crippen LogP contribution in [0.15, 0.2) is 78.4 Å². The van der Waals surface area contributed by atoms with Crippen molar-refractivity contribution in [3.05, 3.63) is 95.3 Å². The Bertz CT molecular complexity index is 1190. The van der Waals surface area contributed by atoms with Gasteiger partial charge in [0.2, 0.25) is 0 Å². The Morgan fingerprint density at radius 3 is 2.58 bits per heavy atom. The van der Waals surface area contributed by atoms with Gasteiger partial charge >= 0.3 is 0 Å². The molecule has 0 bridgehead atoms. The molecule has 0 atom stereocenters. The fourth-order valence-electron chi connectivity index (χ4n) is 3.51. The van der Waals surface area contributed by atoms with Crippen molar-refractivity contribution >= 4 is 28.9 Å². The largest absolute Gasteiger partial charge is 0.491 e. The number of aromatic amines is 1. The summed E-state index contributed by atoms with van der Waals surface area (Å²) in [7, 11) is 0. The smallest absolute Gasteiger partial charge is 0.251 e. The summed E-state index contributed by atoms with van der Waals surface area (Å²) in [6.45, 7) is 4.50. The molecule has 0 aliphatic heterocycles. The molecule has 4 rings (SSSR count). The van der Waals surface area contributed by atoms with Gasteiger partial charge in [-0.3, -0.25) is 4.79 Å². The van der Waals surface area contributed by atoms with Gasteiger partial charge in [-0.05, 0) is 54.6 Å². The van der Waals surface area contributed by atoms with E-state index in [0.29, 0.717) is 18.5 Å². The van der Waals surface area contributed by atoms with Crippen LogP contribution in [0, 0.1) is 0 Å². The minimum absolute atomic E-state index is 0.110.